The van der Waals surface area contributed by atoms with E-state index in [0.29, 0.717) is 18.4 Å². The molecule has 0 aliphatic carbocycles. The number of carboxylic acids is 2. The predicted octanol–water partition coefficient (Wildman–Crippen LogP) is -5.59. The lowest BCUT2D eigenvalue weighted by Crippen LogP contribution is -2.60. The molecule has 2 aliphatic rings. The highest BCUT2D eigenvalue weighted by Gasteiger charge is 2.40. The predicted molar refractivity (Wildman–Crippen MR) is 254 cm³/mol. The Morgan fingerprint density at radius 3 is 2.17 bits per heavy atom. The van der Waals surface area contributed by atoms with Gasteiger partial charge in [0.2, 0.25) is 47.3 Å². The molecule has 0 spiro atoms. The number of fused-ring (bicyclic) bond motifs is 1. The number of aromatic hydroxyl groups is 1. The molecule has 0 bridgehead atoms. The van der Waals surface area contributed by atoms with Gasteiger partial charge >= 0.3 is 11.9 Å². The lowest BCUT2D eigenvalue weighted by molar-refractivity contribution is -0.145. The smallest absolute Gasteiger partial charge is 0.326 e. The molecule has 1 aromatic carbocycles. The number of rotatable bonds is 18. The van der Waals surface area contributed by atoms with Gasteiger partial charge in [-0.05, 0) is 75.6 Å². The van der Waals surface area contributed by atoms with Crippen LogP contribution in [0.5, 0.6) is 5.75 Å². The molecule has 19 N–H and O–H groups in total. The van der Waals surface area contributed by atoms with Crippen LogP contribution in [-0.4, -0.2) is 183 Å². The van der Waals surface area contributed by atoms with Crippen LogP contribution in [0.25, 0.3) is 0 Å². The topological polar surface area (TPSA) is 456 Å². The molecular weight excluding hydrogens is 963 g/mol. The van der Waals surface area contributed by atoms with E-state index in [-0.39, 0.29) is 81.4 Å². The summed E-state index contributed by atoms with van der Waals surface area (Å²) in [6.07, 6.45) is -0.0664. The van der Waals surface area contributed by atoms with E-state index in [1.807, 2.05) is 0 Å². The number of phenols is 1. The zero-order chi connectivity index (χ0) is 51.9. The Hall–Kier alpha value is -6.43. The van der Waals surface area contributed by atoms with Crippen LogP contribution in [0.15, 0.2) is 29.3 Å². The van der Waals surface area contributed by atoms with Crippen LogP contribution < -0.4 is 60.2 Å². The van der Waals surface area contributed by atoms with Gasteiger partial charge < -0.3 is 85.5 Å². The van der Waals surface area contributed by atoms with E-state index in [1.54, 1.807) is 12.1 Å². The van der Waals surface area contributed by atoms with E-state index >= 15 is 0 Å². The maximum atomic E-state index is 14.0. The van der Waals surface area contributed by atoms with Gasteiger partial charge in [-0.25, -0.2) is 4.79 Å². The fourth-order valence-electron chi connectivity index (χ4n) is 7.07. The number of nitrogens with zero attached hydrogens (tertiary/aromatic N) is 2. The third-order valence-corrected chi connectivity index (χ3v) is 13.2. The summed E-state index contributed by atoms with van der Waals surface area (Å²) in [7, 11) is 1.88. The molecule has 0 radical (unpaired) electrons. The molecule has 8 amide bonds. The van der Waals surface area contributed by atoms with Gasteiger partial charge in [-0.1, -0.05) is 33.7 Å². The van der Waals surface area contributed by atoms with E-state index in [4.69, 9.17) is 22.9 Å². The molecule has 70 heavy (non-hydrogen) atoms. The van der Waals surface area contributed by atoms with Crippen LogP contribution in [0.4, 0.5) is 0 Å². The van der Waals surface area contributed by atoms with E-state index < -0.39 is 127 Å². The standard InChI is InChI=1S/C41H63N13O14S2/c42-12-2-1-5-25(40(67)68)49-37(64)29-20-70-69-19-28(52-33(60)23(43)15-21-8-10-22(56)11-9-21)34(61)47-17-31(57)48-24(6-3-13-46-41(44)45)35(62)50-26(16-32(58)59)36(63)51-27(18-55)39(66)54-14-4-7-30(54)38(65)53-29/h8-11,23-30,55-56H,1-7,12-20,42-43H2,(H,47,61)(H,48,57)(H,49,64)(H,50,62)(H,51,63)(H,52,60)(H,53,65)(H,58,59)(H,67,68)(H4,44,45,46)/t23-,24-,25-,26-,27-,28+,29-,30-/m0/s1. The Balaban J connectivity index is 2.03. The van der Waals surface area contributed by atoms with Crippen LogP contribution >= 0.6 is 21.6 Å². The molecule has 0 unspecified atom stereocenters. The van der Waals surface area contributed by atoms with Crippen LogP contribution in [-0.2, 0) is 54.4 Å². The number of guanidine groups is 1. The molecule has 2 saturated heterocycles. The molecule has 2 heterocycles. The number of amides is 8. The summed E-state index contributed by atoms with van der Waals surface area (Å²) >= 11 is 0. The van der Waals surface area contributed by atoms with Gasteiger partial charge in [0.25, 0.3) is 0 Å². The fourth-order valence-corrected chi connectivity index (χ4v) is 9.40. The van der Waals surface area contributed by atoms with Crippen molar-refractivity contribution in [3.8, 4) is 5.75 Å². The van der Waals surface area contributed by atoms with Gasteiger partial charge in [-0.15, -0.1) is 0 Å². The first-order valence-electron chi connectivity index (χ1n) is 22.2. The van der Waals surface area contributed by atoms with Crippen molar-refractivity contribution < 1.29 is 68.4 Å². The Morgan fingerprint density at radius 2 is 1.53 bits per heavy atom. The van der Waals surface area contributed by atoms with E-state index in [1.165, 1.54) is 12.1 Å². The Morgan fingerprint density at radius 1 is 0.857 bits per heavy atom. The second kappa shape index (κ2) is 29.6. The van der Waals surface area contributed by atoms with Crippen LogP contribution in [0.3, 0.4) is 0 Å². The highest BCUT2D eigenvalue weighted by Crippen LogP contribution is 2.25. The van der Waals surface area contributed by atoms with Crippen molar-refractivity contribution in [2.45, 2.75) is 106 Å². The number of phenolic OH excluding ortho intramolecular Hbond substituents is 1. The number of aliphatic imine (C=N–C) groups is 1. The van der Waals surface area contributed by atoms with E-state index in [0.717, 1.165) is 26.5 Å². The number of hydrogen-bond acceptors (Lipinski definition) is 17. The number of carbonyl (C=O) groups is 10. The van der Waals surface area contributed by atoms with Crippen molar-refractivity contribution in [1.29, 1.82) is 0 Å². The largest absolute Gasteiger partial charge is 0.508 e. The molecule has 2 fully saturated rings. The number of nitrogens with one attached hydrogen (secondary N) is 7. The maximum Gasteiger partial charge on any atom is 0.326 e. The molecule has 3 rings (SSSR count). The van der Waals surface area contributed by atoms with Crippen molar-refractivity contribution in [1.82, 2.24) is 42.1 Å². The first kappa shape index (κ1) is 57.9. The lowest BCUT2D eigenvalue weighted by atomic mass is 10.1. The number of aliphatic hydroxyl groups is 1. The van der Waals surface area contributed by atoms with Gasteiger partial charge in [-0.3, -0.25) is 48.1 Å². The van der Waals surface area contributed by atoms with Crippen molar-refractivity contribution in [2.75, 3.05) is 44.3 Å². The summed E-state index contributed by atoms with van der Waals surface area (Å²) in [5.74, 6) is -11.5. The van der Waals surface area contributed by atoms with Gasteiger partial charge in [-0.2, -0.15) is 0 Å². The molecule has 0 saturated carbocycles. The number of unbranched alkanes of at least 4 members (excludes halogenated alkanes) is 1. The van der Waals surface area contributed by atoms with Gasteiger partial charge in [0.1, 0.15) is 48.0 Å². The molecule has 1 aromatic rings. The molecular formula is C41H63N13O14S2. The quantitative estimate of drug-likeness (QED) is 0.0282. The second-order valence-corrected chi connectivity index (χ2v) is 18.8. The first-order valence-corrected chi connectivity index (χ1v) is 24.7. The minimum atomic E-state index is -1.90. The monoisotopic (exact) mass is 1030 g/mol. The van der Waals surface area contributed by atoms with Crippen molar-refractivity contribution >= 4 is 86.7 Å². The number of hydrogen-bond donors (Lipinski definition) is 15. The van der Waals surface area contributed by atoms with Crippen molar-refractivity contribution in [2.24, 2.45) is 27.9 Å². The Kier molecular flexibility index (Phi) is 24.4. The third kappa shape index (κ3) is 19.5. The molecule has 0 aromatic heterocycles. The van der Waals surface area contributed by atoms with Crippen LogP contribution in [0, 0.1) is 0 Å². The van der Waals surface area contributed by atoms with Gasteiger partial charge in [0.05, 0.1) is 25.6 Å². The van der Waals surface area contributed by atoms with E-state index in [9.17, 15) is 68.4 Å². The summed E-state index contributed by atoms with van der Waals surface area (Å²) in [5.41, 5.74) is 23.1. The van der Waals surface area contributed by atoms with E-state index in [2.05, 4.69) is 42.2 Å². The van der Waals surface area contributed by atoms with Crippen molar-refractivity contribution in [3.63, 3.8) is 0 Å². The second-order valence-electron chi connectivity index (χ2n) is 16.2. The molecule has 388 valence electrons. The highest BCUT2D eigenvalue weighted by atomic mass is 33.1. The van der Waals surface area contributed by atoms with Gasteiger partial charge in [0.15, 0.2) is 5.96 Å². The summed E-state index contributed by atoms with van der Waals surface area (Å²) in [5, 5.41) is 56.3. The number of aliphatic carboxylic acids is 2. The first-order chi connectivity index (χ1) is 33.2. The third-order valence-electron chi connectivity index (χ3n) is 10.8. The zero-order valence-electron chi connectivity index (χ0n) is 38.1. The fraction of sp³-hybridized carbons (Fsp3) is 0.585. The number of aliphatic hydroxyl groups excluding tert-OH is 1. The number of carboxylic acid groups (broad SMARTS) is 2. The van der Waals surface area contributed by atoms with Crippen LogP contribution in [0.1, 0.15) is 56.9 Å². The Bertz CT molecular complexity index is 2050. The maximum absolute atomic E-state index is 14.0. The van der Waals surface area contributed by atoms with Crippen LogP contribution in [0.2, 0.25) is 0 Å². The average molecular weight is 1030 g/mol. The normalized spacial score (nSPS) is 23.2. The minimum Gasteiger partial charge on any atom is -0.508 e. The molecule has 27 nitrogen and oxygen atoms in total. The summed E-state index contributed by atoms with van der Waals surface area (Å²) in [4.78, 5) is 138. The molecule has 2 aliphatic heterocycles. The molecule has 8 atom stereocenters. The summed E-state index contributed by atoms with van der Waals surface area (Å²) < 4.78 is 0. The zero-order valence-corrected chi connectivity index (χ0v) is 39.8. The summed E-state index contributed by atoms with van der Waals surface area (Å²) in [6.45, 7) is -1.64. The minimum absolute atomic E-state index is 0.000480. The van der Waals surface area contributed by atoms with Crippen molar-refractivity contribution in [3.05, 3.63) is 29.8 Å². The average Bonchev–Trinajstić information content (AvgIpc) is 3.81. The number of carbonyl (C=O) groups excluding carboxylic acids is 8. The Labute approximate surface area is 409 Å². The SMILES string of the molecule is NCCCC[C@H](NC(=O)[C@@H]1CSSC[C@@H](NC(=O)[C@@H](N)Cc2ccc(O)cc2)C(=O)NCC(=O)N[C@@H](CCCN=C(N)N)C(=O)N[C@@H](CC(=O)O)C(=O)N[C@@H](CO)C(=O)N2CCC[C@H]2C(=O)N1)C(=O)O. The number of nitrogens with two attached hydrogens (primary N) is 4. The molecule has 29 heteroatoms. The highest BCUT2D eigenvalue weighted by molar-refractivity contribution is 8.76. The lowest BCUT2D eigenvalue weighted by Gasteiger charge is -2.30. The summed E-state index contributed by atoms with van der Waals surface area (Å²) in [6, 6.07) is -6.05. The van der Waals surface area contributed by atoms with Gasteiger partial charge in [0, 0.05) is 24.6 Å². The number of benzene rings is 1.